The Balaban J connectivity index is 1.64. The molecular weight excluding hydrogens is 250 g/mol. The molecule has 2 bridgehead atoms. The fraction of sp³-hybridized carbons (Fsp3) is 0.938. The van der Waals surface area contributed by atoms with Crippen molar-refractivity contribution in [3.63, 3.8) is 0 Å². The number of amides is 1. The first kappa shape index (κ1) is 14.3. The lowest BCUT2D eigenvalue weighted by molar-refractivity contribution is -0.135. The molecule has 4 aliphatic heterocycles. The summed E-state index contributed by atoms with van der Waals surface area (Å²) in [7, 11) is 0. The van der Waals surface area contributed by atoms with Gasteiger partial charge in [0.05, 0.1) is 5.41 Å². The Labute approximate surface area is 122 Å². The average molecular weight is 279 g/mol. The van der Waals surface area contributed by atoms with Crippen LogP contribution in [0.1, 0.15) is 45.4 Å². The van der Waals surface area contributed by atoms with Crippen LogP contribution in [0.4, 0.5) is 0 Å². The van der Waals surface area contributed by atoms with Gasteiger partial charge in [0, 0.05) is 12.6 Å². The molecular formula is C16H29N3O. The number of nitrogens with one attached hydrogen (secondary N) is 2. The van der Waals surface area contributed by atoms with Gasteiger partial charge in [-0.2, -0.15) is 0 Å². The van der Waals surface area contributed by atoms with Crippen LogP contribution in [0.2, 0.25) is 0 Å². The summed E-state index contributed by atoms with van der Waals surface area (Å²) in [5.41, 5.74) is -0.0912. The molecule has 2 N–H and O–H groups in total. The first-order chi connectivity index (χ1) is 9.73. The first-order valence-corrected chi connectivity index (χ1v) is 8.47. The van der Waals surface area contributed by atoms with Crippen LogP contribution in [-0.4, -0.2) is 49.6 Å². The molecule has 4 aliphatic rings. The fourth-order valence-corrected chi connectivity index (χ4v) is 4.42. The molecule has 4 rings (SSSR count). The Bertz CT molecular complexity index is 338. The fourth-order valence-electron chi connectivity index (χ4n) is 4.42. The van der Waals surface area contributed by atoms with Crippen molar-refractivity contribution < 1.29 is 4.79 Å². The minimum absolute atomic E-state index is 0.0912. The molecule has 0 radical (unpaired) electrons. The molecule has 0 spiro atoms. The second kappa shape index (κ2) is 6.02. The van der Waals surface area contributed by atoms with Gasteiger partial charge >= 0.3 is 0 Å². The van der Waals surface area contributed by atoms with Crippen molar-refractivity contribution in [2.75, 3.05) is 32.7 Å². The number of hydrogen-bond acceptors (Lipinski definition) is 3. The van der Waals surface area contributed by atoms with Gasteiger partial charge in [-0.05, 0) is 64.2 Å². The topological polar surface area (TPSA) is 44.4 Å². The van der Waals surface area contributed by atoms with E-state index in [1.807, 2.05) is 0 Å². The predicted molar refractivity (Wildman–Crippen MR) is 80.5 cm³/mol. The second-order valence-electron chi connectivity index (χ2n) is 7.00. The van der Waals surface area contributed by atoms with E-state index in [9.17, 15) is 4.79 Å². The molecule has 4 heterocycles. The van der Waals surface area contributed by atoms with Crippen LogP contribution in [0.25, 0.3) is 0 Å². The van der Waals surface area contributed by atoms with Crippen LogP contribution in [-0.2, 0) is 4.79 Å². The van der Waals surface area contributed by atoms with E-state index in [1.54, 1.807) is 0 Å². The molecule has 4 nitrogen and oxygen atoms in total. The van der Waals surface area contributed by atoms with Gasteiger partial charge in [0.25, 0.3) is 0 Å². The van der Waals surface area contributed by atoms with E-state index in [0.29, 0.717) is 11.9 Å². The van der Waals surface area contributed by atoms with Gasteiger partial charge in [-0.25, -0.2) is 0 Å². The Kier molecular flexibility index (Phi) is 4.32. The number of carbonyl (C=O) groups is 1. The maximum Gasteiger partial charge on any atom is 0.226 e. The zero-order valence-corrected chi connectivity index (χ0v) is 12.8. The Hall–Kier alpha value is -0.610. The molecule has 0 aromatic rings. The Morgan fingerprint density at radius 3 is 2.55 bits per heavy atom. The molecule has 0 saturated carbocycles. The van der Waals surface area contributed by atoms with Gasteiger partial charge in [0.1, 0.15) is 0 Å². The highest BCUT2D eigenvalue weighted by Crippen LogP contribution is 2.35. The standard InChI is InChI=1S/C16H29N3O/c1-2-5-16(6-8-17-9-7-16)15(20)18-14-12-19-10-3-13(14)4-11-19/h13-14,17H,2-12H2,1H3,(H,18,20). The number of carbonyl (C=O) groups excluding carboxylic acids is 1. The van der Waals surface area contributed by atoms with Gasteiger partial charge in [0.15, 0.2) is 0 Å². The summed E-state index contributed by atoms with van der Waals surface area (Å²) in [6.45, 7) is 7.74. The third-order valence-corrected chi connectivity index (χ3v) is 5.74. The third kappa shape index (κ3) is 2.73. The van der Waals surface area contributed by atoms with E-state index >= 15 is 0 Å². The summed E-state index contributed by atoms with van der Waals surface area (Å²) >= 11 is 0. The lowest BCUT2D eigenvalue weighted by Gasteiger charge is -2.46. The summed E-state index contributed by atoms with van der Waals surface area (Å²) in [6.07, 6.45) is 6.71. The highest BCUT2D eigenvalue weighted by molar-refractivity contribution is 5.83. The van der Waals surface area contributed by atoms with Crippen molar-refractivity contribution in [3.05, 3.63) is 0 Å². The van der Waals surface area contributed by atoms with Gasteiger partial charge in [0.2, 0.25) is 5.91 Å². The highest BCUT2D eigenvalue weighted by atomic mass is 16.2. The summed E-state index contributed by atoms with van der Waals surface area (Å²) in [4.78, 5) is 15.4. The zero-order chi connectivity index (χ0) is 14.0. The van der Waals surface area contributed by atoms with Crippen LogP contribution in [0.3, 0.4) is 0 Å². The normalized spacial score (nSPS) is 35.8. The molecule has 0 aromatic carbocycles. The lowest BCUT2D eigenvalue weighted by Crippen LogP contribution is -2.60. The highest BCUT2D eigenvalue weighted by Gasteiger charge is 2.42. The smallest absolute Gasteiger partial charge is 0.226 e. The van der Waals surface area contributed by atoms with Crippen LogP contribution in [0.5, 0.6) is 0 Å². The van der Waals surface area contributed by atoms with E-state index in [2.05, 4.69) is 22.5 Å². The first-order valence-electron chi connectivity index (χ1n) is 8.47. The van der Waals surface area contributed by atoms with Crippen molar-refractivity contribution >= 4 is 5.91 Å². The minimum atomic E-state index is -0.0912. The quantitative estimate of drug-likeness (QED) is 0.817. The van der Waals surface area contributed by atoms with E-state index < -0.39 is 0 Å². The monoisotopic (exact) mass is 279 g/mol. The van der Waals surface area contributed by atoms with E-state index in [-0.39, 0.29) is 5.41 Å². The number of hydrogen-bond donors (Lipinski definition) is 2. The van der Waals surface area contributed by atoms with Crippen molar-refractivity contribution in [3.8, 4) is 0 Å². The van der Waals surface area contributed by atoms with Crippen molar-refractivity contribution in [1.82, 2.24) is 15.5 Å². The SMILES string of the molecule is CCCC1(C(=O)NC2CN3CCC2CC3)CCNCC1. The molecule has 20 heavy (non-hydrogen) atoms. The molecule has 1 atom stereocenters. The van der Waals surface area contributed by atoms with Crippen molar-refractivity contribution in [2.24, 2.45) is 11.3 Å². The molecule has 0 aromatic heterocycles. The van der Waals surface area contributed by atoms with Gasteiger partial charge in [-0.15, -0.1) is 0 Å². The van der Waals surface area contributed by atoms with E-state index in [4.69, 9.17) is 0 Å². The molecule has 4 saturated heterocycles. The molecule has 1 unspecified atom stereocenters. The maximum atomic E-state index is 12.9. The number of rotatable bonds is 4. The average Bonchev–Trinajstić information content (AvgIpc) is 2.50. The minimum Gasteiger partial charge on any atom is -0.351 e. The number of nitrogens with zero attached hydrogens (tertiary/aromatic N) is 1. The third-order valence-electron chi connectivity index (χ3n) is 5.74. The summed E-state index contributed by atoms with van der Waals surface area (Å²) in [5, 5.41) is 6.83. The zero-order valence-electron chi connectivity index (χ0n) is 12.8. The van der Waals surface area contributed by atoms with Gasteiger partial charge < -0.3 is 15.5 Å². The molecule has 4 fully saturated rings. The summed E-state index contributed by atoms with van der Waals surface area (Å²) in [5.74, 6) is 1.07. The molecule has 114 valence electrons. The summed E-state index contributed by atoms with van der Waals surface area (Å²) in [6, 6.07) is 0.411. The lowest BCUT2D eigenvalue weighted by atomic mass is 9.74. The van der Waals surface area contributed by atoms with Gasteiger partial charge in [-0.3, -0.25) is 4.79 Å². The van der Waals surface area contributed by atoms with Crippen molar-refractivity contribution in [2.45, 2.75) is 51.5 Å². The maximum absolute atomic E-state index is 12.9. The number of fused-ring (bicyclic) bond motifs is 3. The predicted octanol–water partition coefficient (Wildman–Crippen LogP) is 1.37. The molecule has 4 heteroatoms. The van der Waals surface area contributed by atoms with E-state index in [0.717, 1.165) is 51.2 Å². The molecule has 0 aliphatic carbocycles. The van der Waals surface area contributed by atoms with E-state index in [1.165, 1.54) is 25.9 Å². The van der Waals surface area contributed by atoms with Gasteiger partial charge in [-0.1, -0.05) is 13.3 Å². The van der Waals surface area contributed by atoms with Crippen LogP contribution in [0.15, 0.2) is 0 Å². The number of piperidine rings is 4. The van der Waals surface area contributed by atoms with Crippen LogP contribution in [0, 0.1) is 11.3 Å². The van der Waals surface area contributed by atoms with Crippen molar-refractivity contribution in [1.29, 1.82) is 0 Å². The molecule has 1 amide bonds. The Morgan fingerprint density at radius 1 is 1.30 bits per heavy atom. The van der Waals surface area contributed by atoms with Crippen LogP contribution >= 0.6 is 0 Å². The van der Waals surface area contributed by atoms with Crippen LogP contribution < -0.4 is 10.6 Å². The second-order valence-corrected chi connectivity index (χ2v) is 7.00. The summed E-state index contributed by atoms with van der Waals surface area (Å²) < 4.78 is 0. The largest absolute Gasteiger partial charge is 0.351 e. The Morgan fingerprint density at radius 2 is 2.00 bits per heavy atom.